The topological polar surface area (TPSA) is 152 Å². The fraction of sp³-hybridized carbons (Fsp3) is 0.545. The SMILES string of the molecule is CCOC(=O)CCC(=O)OP(=O)(O)N(C[C@H]1CN(c2ccc(N3CCOCC3)c(F)c2)C(=O)O1)C(C)=O. The van der Waals surface area contributed by atoms with Crippen molar-refractivity contribution in [3.63, 3.8) is 0 Å². The van der Waals surface area contributed by atoms with E-state index in [4.69, 9.17) is 9.47 Å². The normalized spacial score (nSPS) is 19.1. The maximum absolute atomic E-state index is 14.8. The largest absolute Gasteiger partial charge is 0.490 e. The van der Waals surface area contributed by atoms with Crippen LogP contribution in [0.15, 0.2) is 18.2 Å². The molecule has 13 nitrogen and oxygen atoms in total. The Morgan fingerprint density at radius 2 is 1.89 bits per heavy atom. The van der Waals surface area contributed by atoms with Gasteiger partial charge in [-0.25, -0.2) is 18.4 Å². The molecule has 0 saturated carbocycles. The van der Waals surface area contributed by atoms with Gasteiger partial charge in [0.05, 0.1) is 57.1 Å². The highest BCUT2D eigenvalue weighted by atomic mass is 31.2. The van der Waals surface area contributed by atoms with Crippen molar-refractivity contribution in [1.29, 1.82) is 0 Å². The molecule has 2 aliphatic heterocycles. The summed E-state index contributed by atoms with van der Waals surface area (Å²) in [5, 5.41) is 0. The predicted molar refractivity (Wildman–Crippen MR) is 126 cm³/mol. The molecule has 0 radical (unpaired) electrons. The maximum atomic E-state index is 14.8. The van der Waals surface area contributed by atoms with Crippen LogP contribution in [-0.4, -0.2) is 85.6 Å². The monoisotopic (exact) mass is 545 g/mol. The first-order chi connectivity index (χ1) is 17.5. The van der Waals surface area contributed by atoms with E-state index in [0.29, 0.717) is 36.7 Å². The third-order valence-electron chi connectivity index (χ3n) is 5.57. The van der Waals surface area contributed by atoms with E-state index in [0.717, 1.165) is 11.8 Å². The van der Waals surface area contributed by atoms with Crippen molar-refractivity contribution in [2.75, 3.05) is 55.8 Å². The summed E-state index contributed by atoms with van der Waals surface area (Å²) in [6, 6.07) is 4.26. The van der Waals surface area contributed by atoms with Crippen LogP contribution in [-0.2, 0) is 37.7 Å². The zero-order valence-corrected chi connectivity index (χ0v) is 21.4. The Balaban J connectivity index is 1.63. The van der Waals surface area contributed by atoms with Crippen molar-refractivity contribution < 1.29 is 51.8 Å². The third kappa shape index (κ3) is 7.40. The minimum Gasteiger partial charge on any atom is -0.466 e. The highest BCUT2D eigenvalue weighted by molar-refractivity contribution is 7.51. The second-order valence-electron chi connectivity index (χ2n) is 8.21. The number of cyclic esters (lactones) is 1. The van der Waals surface area contributed by atoms with Gasteiger partial charge in [-0.2, -0.15) is 0 Å². The lowest BCUT2D eigenvalue weighted by molar-refractivity contribution is -0.147. The second-order valence-corrected chi connectivity index (χ2v) is 9.86. The summed E-state index contributed by atoms with van der Waals surface area (Å²) in [6.45, 7) is 3.94. The van der Waals surface area contributed by atoms with Crippen molar-refractivity contribution in [2.24, 2.45) is 0 Å². The van der Waals surface area contributed by atoms with Gasteiger partial charge in [-0.1, -0.05) is 0 Å². The van der Waals surface area contributed by atoms with Gasteiger partial charge in [-0.15, -0.1) is 0 Å². The molecule has 0 bridgehead atoms. The van der Waals surface area contributed by atoms with Crippen LogP contribution >= 0.6 is 7.75 Å². The molecule has 1 aromatic carbocycles. The molecule has 0 aromatic heterocycles. The lowest BCUT2D eigenvalue weighted by Crippen LogP contribution is -2.37. The molecule has 2 aliphatic rings. The van der Waals surface area contributed by atoms with Crippen molar-refractivity contribution >= 4 is 43.1 Å². The van der Waals surface area contributed by atoms with E-state index in [1.165, 1.54) is 12.1 Å². The molecule has 2 fully saturated rings. The summed E-state index contributed by atoms with van der Waals surface area (Å²) in [6.07, 6.45) is -2.82. The number of hydrogen-bond donors (Lipinski definition) is 1. The van der Waals surface area contributed by atoms with Crippen LogP contribution in [0, 0.1) is 5.82 Å². The minimum atomic E-state index is -4.99. The van der Waals surface area contributed by atoms with E-state index in [2.05, 4.69) is 9.26 Å². The zero-order valence-electron chi connectivity index (χ0n) is 20.5. The highest BCUT2D eigenvalue weighted by Crippen LogP contribution is 2.47. The van der Waals surface area contributed by atoms with E-state index >= 15 is 0 Å². The number of nitrogens with zero attached hydrogens (tertiary/aromatic N) is 3. The van der Waals surface area contributed by atoms with Gasteiger partial charge in [0.25, 0.3) is 0 Å². The number of morpholine rings is 1. The first-order valence-corrected chi connectivity index (χ1v) is 13.1. The first-order valence-electron chi connectivity index (χ1n) is 11.6. The number of rotatable bonds is 10. The first kappa shape index (κ1) is 28.4. The lowest BCUT2D eigenvalue weighted by atomic mass is 10.2. The van der Waals surface area contributed by atoms with Gasteiger partial charge in [0.2, 0.25) is 5.91 Å². The number of carbonyl (C=O) groups is 4. The molecule has 1 unspecified atom stereocenters. The van der Waals surface area contributed by atoms with Crippen LogP contribution in [0.4, 0.5) is 20.6 Å². The molecular weight excluding hydrogens is 516 g/mol. The van der Waals surface area contributed by atoms with Crippen LogP contribution in [0.2, 0.25) is 0 Å². The molecule has 37 heavy (non-hydrogen) atoms. The number of benzene rings is 1. The summed E-state index contributed by atoms with van der Waals surface area (Å²) in [7, 11) is -4.99. The van der Waals surface area contributed by atoms with Gasteiger partial charge >= 0.3 is 25.8 Å². The summed E-state index contributed by atoms with van der Waals surface area (Å²) >= 11 is 0. The number of ether oxygens (including phenoxy) is 3. The van der Waals surface area contributed by atoms with Gasteiger partial charge in [0.1, 0.15) is 11.9 Å². The van der Waals surface area contributed by atoms with E-state index in [-0.39, 0.29) is 25.3 Å². The summed E-state index contributed by atoms with van der Waals surface area (Å²) < 4.78 is 47.6. The number of anilines is 2. The average Bonchev–Trinajstić information content (AvgIpc) is 3.21. The van der Waals surface area contributed by atoms with Crippen LogP contribution in [0.5, 0.6) is 0 Å². The molecule has 1 N–H and O–H groups in total. The molecule has 2 amide bonds. The predicted octanol–water partition coefficient (Wildman–Crippen LogP) is 1.82. The summed E-state index contributed by atoms with van der Waals surface area (Å²) in [4.78, 5) is 61.1. The van der Waals surface area contributed by atoms with Crippen LogP contribution in [0.3, 0.4) is 0 Å². The maximum Gasteiger partial charge on any atom is 0.490 e. The molecule has 1 aromatic rings. The standard InChI is InChI=1S/C22H29FN3O10P/c1-3-34-20(28)6-7-21(29)36-37(31,32)26(15(2)27)14-17-13-25(22(30)35-17)16-4-5-19(18(23)12-16)24-8-10-33-11-9-24/h4-5,12,17H,3,6-11,13-14H2,1-2H3,(H,31,32)/t17-/m1/s1. The van der Waals surface area contributed by atoms with Gasteiger partial charge in [-0.05, 0) is 25.1 Å². The van der Waals surface area contributed by atoms with Crippen molar-refractivity contribution in [1.82, 2.24) is 4.67 Å². The second kappa shape index (κ2) is 12.3. The quantitative estimate of drug-likeness (QED) is 0.338. The number of esters is 1. The minimum absolute atomic E-state index is 0.103. The molecule has 15 heteroatoms. The molecule has 2 saturated heterocycles. The van der Waals surface area contributed by atoms with Crippen LogP contribution in [0.25, 0.3) is 0 Å². The van der Waals surface area contributed by atoms with Gasteiger partial charge in [0.15, 0.2) is 0 Å². The average molecular weight is 545 g/mol. The van der Waals surface area contributed by atoms with Gasteiger partial charge in [-0.3, -0.25) is 24.2 Å². The van der Waals surface area contributed by atoms with Gasteiger partial charge in [0, 0.05) is 20.0 Å². The Labute approximate surface area is 212 Å². The molecular formula is C22H29FN3O10P. The van der Waals surface area contributed by atoms with Crippen molar-refractivity contribution in [2.45, 2.75) is 32.8 Å². The number of halogens is 1. The Morgan fingerprint density at radius 3 is 2.51 bits per heavy atom. The van der Waals surface area contributed by atoms with E-state index < -0.39 is 56.6 Å². The number of hydrogen-bond acceptors (Lipinski definition) is 10. The van der Waals surface area contributed by atoms with Crippen LogP contribution in [0.1, 0.15) is 26.7 Å². The fourth-order valence-corrected chi connectivity index (χ4v) is 5.02. The molecule has 204 valence electrons. The molecule has 0 aliphatic carbocycles. The number of carbonyl (C=O) groups excluding carboxylic acids is 4. The van der Waals surface area contributed by atoms with Crippen molar-refractivity contribution in [3.05, 3.63) is 24.0 Å². The third-order valence-corrected chi connectivity index (χ3v) is 7.07. The molecule has 2 heterocycles. The Kier molecular flexibility index (Phi) is 9.46. The zero-order chi connectivity index (χ0) is 27.2. The Morgan fingerprint density at radius 1 is 1.22 bits per heavy atom. The highest BCUT2D eigenvalue weighted by Gasteiger charge is 2.41. The lowest BCUT2D eigenvalue weighted by Gasteiger charge is -2.29. The van der Waals surface area contributed by atoms with E-state index in [1.54, 1.807) is 13.0 Å². The van der Waals surface area contributed by atoms with E-state index in [9.17, 15) is 33.0 Å². The summed E-state index contributed by atoms with van der Waals surface area (Å²) in [5.74, 6) is -3.34. The number of amides is 2. The van der Waals surface area contributed by atoms with Gasteiger partial charge < -0.3 is 23.6 Å². The molecule has 3 rings (SSSR count). The van der Waals surface area contributed by atoms with Crippen molar-refractivity contribution in [3.8, 4) is 0 Å². The molecule has 2 atom stereocenters. The van der Waals surface area contributed by atoms with E-state index in [1.807, 2.05) is 4.90 Å². The Hall–Kier alpha value is -3.22. The van der Waals surface area contributed by atoms with Crippen LogP contribution < -0.4 is 9.80 Å². The summed E-state index contributed by atoms with van der Waals surface area (Å²) in [5.41, 5.74) is 0.568. The fourth-order valence-electron chi connectivity index (χ4n) is 3.82. The molecule has 0 spiro atoms. The smallest absolute Gasteiger partial charge is 0.466 e. The Bertz CT molecular complexity index is 1080.